The molecule has 132 valence electrons. The summed E-state index contributed by atoms with van der Waals surface area (Å²) in [4.78, 5) is 22.0. The molecule has 0 saturated carbocycles. The minimum atomic E-state index is -0.972. The molecule has 0 saturated heterocycles. The second kappa shape index (κ2) is 6.90. The van der Waals surface area contributed by atoms with Crippen molar-refractivity contribution in [1.29, 1.82) is 0 Å². The molecule has 0 spiro atoms. The zero-order valence-corrected chi connectivity index (χ0v) is 14.7. The van der Waals surface area contributed by atoms with Crippen LogP contribution in [0.5, 0.6) is 0 Å². The molecule has 3 heterocycles. The van der Waals surface area contributed by atoms with Crippen LogP contribution in [0.3, 0.4) is 0 Å². The summed E-state index contributed by atoms with van der Waals surface area (Å²) in [5, 5.41) is 9.93. The molecule has 7 heteroatoms. The highest BCUT2D eigenvalue weighted by molar-refractivity contribution is 6.31. The summed E-state index contributed by atoms with van der Waals surface area (Å²) in [5.74, 6) is -0.972. The van der Waals surface area contributed by atoms with E-state index in [9.17, 15) is 4.79 Å². The van der Waals surface area contributed by atoms with Gasteiger partial charge in [-0.25, -0.2) is 9.78 Å². The Morgan fingerprint density at radius 3 is 2.85 bits per heavy atom. The highest BCUT2D eigenvalue weighted by Crippen LogP contribution is 2.28. The average molecular weight is 369 g/mol. The number of hydrogen-bond acceptors (Lipinski definition) is 4. The third kappa shape index (κ3) is 3.34. The minimum absolute atomic E-state index is 0.205. The Balaban J connectivity index is 1.41. The van der Waals surface area contributed by atoms with Crippen LogP contribution in [0.2, 0.25) is 5.02 Å². The molecular formula is C19H17ClN4O2. The maximum absolute atomic E-state index is 11.1. The van der Waals surface area contributed by atoms with E-state index in [0.717, 1.165) is 31.2 Å². The van der Waals surface area contributed by atoms with Crippen molar-refractivity contribution in [3.8, 4) is 11.4 Å². The van der Waals surface area contributed by atoms with Gasteiger partial charge in [0.1, 0.15) is 5.69 Å². The normalized spacial score (nSPS) is 13.7. The first kappa shape index (κ1) is 16.8. The number of carboxylic acid groups (broad SMARTS) is 1. The molecule has 0 radical (unpaired) electrons. The van der Waals surface area contributed by atoms with Crippen molar-refractivity contribution >= 4 is 17.6 Å². The number of aromatic nitrogens is 3. The fraction of sp³-hybridized carbons (Fsp3) is 0.211. The standard InChI is InChI=1S/C19H17ClN4O2/c20-16-3-1-2-14-9-23(10-15(14)16)6-7-24-11-18(22-12-24)17-8-13(19(25)26)4-5-21-17/h1-5,8,11-12H,6-7,9-10H2,(H,25,26). The van der Waals surface area contributed by atoms with Crippen LogP contribution in [-0.2, 0) is 19.6 Å². The Kier molecular flexibility index (Phi) is 4.44. The van der Waals surface area contributed by atoms with E-state index in [4.69, 9.17) is 16.7 Å². The summed E-state index contributed by atoms with van der Waals surface area (Å²) < 4.78 is 2.00. The first-order valence-electron chi connectivity index (χ1n) is 8.30. The van der Waals surface area contributed by atoms with Gasteiger partial charge in [0.05, 0.1) is 17.6 Å². The second-order valence-electron chi connectivity index (χ2n) is 6.32. The highest BCUT2D eigenvalue weighted by atomic mass is 35.5. The van der Waals surface area contributed by atoms with Crippen LogP contribution in [0.25, 0.3) is 11.4 Å². The second-order valence-corrected chi connectivity index (χ2v) is 6.73. The number of nitrogens with zero attached hydrogens (tertiary/aromatic N) is 4. The SMILES string of the molecule is O=C(O)c1ccnc(-c2cn(CCN3Cc4cccc(Cl)c4C3)cn2)c1. The number of aromatic carboxylic acids is 1. The molecule has 0 bridgehead atoms. The van der Waals surface area contributed by atoms with E-state index in [-0.39, 0.29) is 5.56 Å². The van der Waals surface area contributed by atoms with Gasteiger partial charge < -0.3 is 9.67 Å². The van der Waals surface area contributed by atoms with Crippen LogP contribution in [0, 0.1) is 0 Å². The van der Waals surface area contributed by atoms with Gasteiger partial charge in [0.25, 0.3) is 0 Å². The topological polar surface area (TPSA) is 71.2 Å². The highest BCUT2D eigenvalue weighted by Gasteiger charge is 2.20. The molecule has 26 heavy (non-hydrogen) atoms. The number of rotatable bonds is 5. The molecule has 0 unspecified atom stereocenters. The summed E-state index contributed by atoms with van der Waals surface area (Å²) in [6, 6.07) is 9.06. The summed E-state index contributed by atoms with van der Waals surface area (Å²) >= 11 is 6.27. The van der Waals surface area contributed by atoms with Gasteiger partial charge in [-0.05, 0) is 29.3 Å². The quantitative estimate of drug-likeness (QED) is 0.748. The lowest BCUT2D eigenvalue weighted by molar-refractivity contribution is 0.0697. The molecule has 0 fully saturated rings. The van der Waals surface area contributed by atoms with Crippen molar-refractivity contribution in [3.63, 3.8) is 0 Å². The van der Waals surface area contributed by atoms with Crippen molar-refractivity contribution < 1.29 is 9.90 Å². The van der Waals surface area contributed by atoms with Gasteiger partial charge in [0.2, 0.25) is 0 Å². The number of hydrogen-bond donors (Lipinski definition) is 1. The summed E-state index contributed by atoms with van der Waals surface area (Å²) in [6.45, 7) is 3.43. The first-order chi connectivity index (χ1) is 12.6. The molecule has 0 atom stereocenters. The van der Waals surface area contributed by atoms with E-state index in [1.165, 1.54) is 29.5 Å². The maximum atomic E-state index is 11.1. The number of halogens is 1. The Labute approximate surface area is 155 Å². The Hall–Kier alpha value is -2.70. The summed E-state index contributed by atoms with van der Waals surface area (Å²) in [5.41, 5.74) is 3.94. The zero-order chi connectivity index (χ0) is 18.1. The number of carbonyl (C=O) groups is 1. The van der Waals surface area contributed by atoms with E-state index in [0.29, 0.717) is 11.4 Å². The zero-order valence-electron chi connectivity index (χ0n) is 14.0. The van der Waals surface area contributed by atoms with Crippen molar-refractivity contribution in [2.24, 2.45) is 0 Å². The predicted octanol–water partition coefficient (Wildman–Crippen LogP) is 3.31. The Bertz CT molecular complexity index is 970. The lowest BCUT2D eigenvalue weighted by Gasteiger charge is -2.14. The van der Waals surface area contributed by atoms with Crippen LogP contribution in [-0.4, -0.2) is 37.1 Å². The molecule has 3 aromatic rings. The third-order valence-corrected chi connectivity index (χ3v) is 4.92. The molecule has 1 aromatic carbocycles. The van der Waals surface area contributed by atoms with Gasteiger partial charge in [-0.1, -0.05) is 23.7 Å². The van der Waals surface area contributed by atoms with Crippen LogP contribution in [0.4, 0.5) is 0 Å². The number of imidazole rings is 1. The molecule has 2 aromatic heterocycles. The van der Waals surface area contributed by atoms with E-state index in [1.807, 2.05) is 22.9 Å². The minimum Gasteiger partial charge on any atom is -0.478 e. The molecule has 1 N–H and O–H groups in total. The van der Waals surface area contributed by atoms with Gasteiger partial charge in [-0.3, -0.25) is 9.88 Å². The van der Waals surface area contributed by atoms with Gasteiger partial charge in [0, 0.05) is 43.6 Å². The van der Waals surface area contributed by atoms with Crippen molar-refractivity contribution in [1.82, 2.24) is 19.4 Å². The Morgan fingerprint density at radius 2 is 2.04 bits per heavy atom. The average Bonchev–Trinajstić information content (AvgIpc) is 3.27. The maximum Gasteiger partial charge on any atom is 0.335 e. The molecule has 6 nitrogen and oxygen atoms in total. The van der Waals surface area contributed by atoms with Crippen LogP contribution < -0.4 is 0 Å². The summed E-state index contributed by atoms with van der Waals surface area (Å²) in [7, 11) is 0. The molecule has 0 aliphatic carbocycles. The molecular weight excluding hydrogens is 352 g/mol. The Morgan fingerprint density at radius 1 is 1.15 bits per heavy atom. The number of pyridine rings is 1. The summed E-state index contributed by atoms with van der Waals surface area (Å²) in [6.07, 6.45) is 5.13. The smallest absolute Gasteiger partial charge is 0.335 e. The number of fused-ring (bicyclic) bond motifs is 1. The van der Waals surface area contributed by atoms with Crippen LogP contribution in [0.15, 0.2) is 49.1 Å². The van der Waals surface area contributed by atoms with Crippen molar-refractivity contribution in [2.75, 3.05) is 6.54 Å². The third-order valence-electron chi connectivity index (χ3n) is 4.57. The molecule has 1 aliphatic heterocycles. The number of benzene rings is 1. The molecule has 1 aliphatic rings. The fourth-order valence-electron chi connectivity index (χ4n) is 3.18. The fourth-order valence-corrected chi connectivity index (χ4v) is 3.44. The van der Waals surface area contributed by atoms with Gasteiger partial charge in [-0.2, -0.15) is 0 Å². The molecule has 0 amide bonds. The van der Waals surface area contributed by atoms with Gasteiger partial charge >= 0.3 is 5.97 Å². The van der Waals surface area contributed by atoms with E-state index < -0.39 is 5.97 Å². The predicted molar refractivity (Wildman–Crippen MR) is 98.0 cm³/mol. The van der Waals surface area contributed by atoms with Gasteiger partial charge in [-0.15, -0.1) is 0 Å². The van der Waals surface area contributed by atoms with Crippen molar-refractivity contribution in [2.45, 2.75) is 19.6 Å². The van der Waals surface area contributed by atoms with Crippen LogP contribution in [0.1, 0.15) is 21.5 Å². The molecule has 4 rings (SSSR count). The first-order valence-corrected chi connectivity index (χ1v) is 8.68. The number of carboxylic acids is 1. The lowest BCUT2D eigenvalue weighted by Crippen LogP contribution is -2.21. The van der Waals surface area contributed by atoms with Gasteiger partial charge in [0.15, 0.2) is 0 Å². The van der Waals surface area contributed by atoms with E-state index in [1.54, 1.807) is 6.33 Å². The lowest BCUT2D eigenvalue weighted by atomic mass is 10.1. The van der Waals surface area contributed by atoms with Crippen LogP contribution >= 0.6 is 11.6 Å². The largest absolute Gasteiger partial charge is 0.478 e. The van der Waals surface area contributed by atoms with E-state index >= 15 is 0 Å². The monoisotopic (exact) mass is 368 g/mol. The van der Waals surface area contributed by atoms with E-state index in [2.05, 4.69) is 20.9 Å². The van der Waals surface area contributed by atoms with Crippen molar-refractivity contribution in [3.05, 3.63) is 70.8 Å².